The predicted octanol–water partition coefficient (Wildman–Crippen LogP) is 5.21. The van der Waals surface area contributed by atoms with Crippen molar-refractivity contribution in [3.8, 4) is 17.2 Å². The standard InChI is InChI=1S/C36H44N4O7/c1-4-17-40(21-26-9-16-32-33(20-26)46-23-45-32)18-5-6-29(22-40)39(31(34(37)42)19-25-7-14-30(41)15-8-25)36(44)38-28-12-10-27(11-13-28)35(43)47-24(2)3/h7-16,20,24,29,31H,4-6,17-19,21-23H2,1-3H3,(H3-,37,38,41,42,43,44)/p+1/t29-,31+,40?/m1/s1. The second kappa shape index (κ2) is 14.8. The Morgan fingerprint density at radius 3 is 2.40 bits per heavy atom. The highest BCUT2D eigenvalue weighted by Gasteiger charge is 2.43. The number of nitrogens with one attached hydrogen (secondary N) is 1. The van der Waals surface area contributed by atoms with Crippen molar-refractivity contribution < 1.29 is 38.2 Å². The average Bonchev–Trinajstić information content (AvgIpc) is 3.50. The Kier molecular flexibility index (Phi) is 10.6. The molecule has 3 amide bonds. The van der Waals surface area contributed by atoms with Gasteiger partial charge in [-0.2, -0.15) is 0 Å². The Morgan fingerprint density at radius 2 is 1.72 bits per heavy atom. The molecule has 1 unspecified atom stereocenters. The van der Waals surface area contributed by atoms with E-state index in [1.807, 2.05) is 12.1 Å². The Bertz CT molecular complexity index is 1560. The van der Waals surface area contributed by atoms with Gasteiger partial charge in [0.05, 0.1) is 37.3 Å². The highest BCUT2D eigenvalue weighted by molar-refractivity contribution is 5.95. The first-order valence-electron chi connectivity index (χ1n) is 16.3. The van der Waals surface area contributed by atoms with E-state index in [-0.39, 0.29) is 31.1 Å². The van der Waals surface area contributed by atoms with Crippen LogP contribution in [0.2, 0.25) is 0 Å². The van der Waals surface area contributed by atoms with Gasteiger partial charge in [0.15, 0.2) is 11.5 Å². The number of hydrogen-bond donors (Lipinski definition) is 3. The van der Waals surface area contributed by atoms with Crippen LogP contribution in [-0.4, -0.2) is 77.0 Å². The number of carbonyl (C=O) groups is 3. The highest BCUT2D eigenvalue weighted by atomic mass is 16.7. The fraction of sp³-hybridized carbons (Fsp3) is 0.417. The topological polar surface area (TPSA) is 140 Å². The van der Waals surface area contributed by atoms with Gasteiger partial charge in [-0.05, 0) is 93.3 Å². The van der Waals surface area contributed by atoms with Crippen LogP contribution in [0.3, 0.4) is 0 Å². The summed E-state index contributed by atoms with van der Waals surface area (Å²) >= 11 is 0. The van der Waals surface area contributed by atoms with Gasteiger partial charge in [0.25, 0.3) is 0 Å². The van der Waals surface area contributed by atoms with Crippen LogP contribution in [-0.2, 0) is 22.5 Å². The summed E-state index contributed by atoms with van der Waals surface area (Å²) < 4.78 is 17.2. The molecule has 250 valence electrons. The van der Waals surface area contributed by atoms with Crippen molar-refractivity contribution in [2.45, 2.75) is 71.2 Å². The van der Waals surface area contributed by atoms with Crippen LogP contribution in [0.15, 0.2) is 66.7 Å². The number of nitrogens with zero attached hydrogens (tertiary/aromatic N) is 2. The fourth-order valence-corrected chi connectivity index (χ4v) is 6.76. The number of piperidine rings is 1. The lowest BCUT2D eigenvalue weighted by Gasteiger charge is -2.48. The molecule has 3 aromatic carbocycles. The molecule has 0 radical (unpaired) electrons. The number of phenolic OH excluding ortho intramolecular Hbond substituents is 1. The Hall–Kier alpha value is -4.77. The normalized spacial score (nSPS) is 19.2. The zero-order valence-electron chi connectivity index (χ0n) is 27.3. The molecule has 0 bridgehead atoms. The number of carbonyl (C=O) groups excluding carboxylic acids is 3. The van der Waals surface area contributed by atoms with E-state index < -0.39 is 23.9 Å². The minimum Gasteiger partial charge on any atom is -0.508 e. The summed E-state index contributed by atoms with van der Waals surface area (Å²) in [6.45, 7) is 9.13. The summed E-state index contributed by atoms with van der Waals surface area (Å²) in [5.41, 5.74) is 8.78. The lowest BCUT2D eigenvalue weighted by molar-refractivity contribution is -0.946. The van der Waals surface area contributed by atoms with E-state index in [0.29, 0.717) is 24.2 Å². The average molecular weight is 646 g/mol. The first-order chi connectivity index (χ1) is 22.6. The number of benzene rings is 3. The third-order valence-electron chi connectivity index (χ3n) is 8.79. The number of esters is 1. The van der Waals surface area contributed by atoms with Crippen LogP contribution in [0.5, 0.6) is 17.2 Å². The molecule has 47 heavy (non-hydrogen) atoms. The van der Waals surface area contributed by atoms with Crippen molar-refractivity contribution in [2.24, 2.45) is 5.73 Å². The van der Waals surface area contributed by atoms with Crippen LogP contribution in [0.4, 0.5) is 10.5 Å². The van der Waals surface area contributed by atoms with Crippen molar-refractivity contribution in [3.63, 3.8) is 0 Å². The van der Waals surface area contributed by atoms with Crippen LogP contribution in [0, 0.1) is 0 Å². The number of primary amides is 1. The lowest BCUT2D eigenvalue weighted by Crippen LogP contribution is -2.64. The molecule has 2 aliphatic heterocycles. The van der Waals surface area contributed by atoms with Crippen LogP contribution in [0.25, 0.3) is 0 Å². The molecule has 2 aliphatic rings. The Balaban J connectivity index is 1.44. The molecule has 3 aromatic rings. The number of likely N-dealkylation sites (tertiary alicyclic amines) is 1. The molecule has 1 fully saturated rings. The predicted molar refractivity (Wildman–Crippen MR) is 177 cm³/mol. The zero-order chi connectivity index (χ0) is 33.6. The van der Waals surface area contributed by atoms with E-state index in [1.54, 1.807) is 67.3 Å². The van der Waals surface area contributed by atoms with E-state index in [4.69, 9.17) is 19.9 Å². The number of nitrogens with two attached hydrogens (primary N) is 1. The van der Waals surface area contributed by atoms with Crippen LogP contribution in [0.1, 0.15) is 61.5 Å². The van der Waals surface area contributed by atoms with Crippen molar-refractivity contribution >= 4 is 23.6 Å². The number of amides is 3. The van der Waals surface area contributed by atoms with Gasteiger partial charge in [-0.1, -0.05) is 19.1 Å². The summed E-state index contributed by atoms with van der Waals surface area (Å²) in [6, 6.07) is 17.4. The number of urea groups is 1. The summed E-state index contributed by atoms with van der Waals surface area (Å²) in [5.74, 6) is 0.514. The number of rotatable bonds is 12. The maximum atomic E-state index is 14.3. The molecule has 3 atom stereocenters. The van der Waals surface area contributed by atoms with E-state index in [2.05, 4.69) is 18.3 Å². The number of fused-ring (bicyclic) bond motifs is 1. The maximum Gasteiger partial charge on any atom is 0.338 e. The summed E-state index contributed by atoms with van der Waals surface area (Å²) in [5, 5.41) is 12.8. The van der Waals surface area contributed by atoms with Gasteiger partial charge < -0.3 is 39.8 Å². The minimum absolute atomic E-state index is 0.108. The van der Waals surface area contributed by atoms with Crippen molar-refractivity contribution in [1.82, 2.24) is 4.90 Å². The second-order valence-corrected chi connectivity index (χ2v) is 12.8. The van der Waals surface area contributed by atoms with E-state index >= 15 is 0 Å². The molecule has 0 aliphatic carbocycles. The van der Waals surface area contributed by atoms with Gasteiger partial charge >= 0.3 is 12.0 Å². The molecule has 1 saturated heterocycles. The lowest BCUT2D eigenvalue weighted by atomic mass is 9.95. The number of quaternary nitrogens is 1. The highest BCUT2D eigenvalue weighted by Crippen LogP contribution is 2.35. The monoisotopic (exact) mass is 645 g/mol. The third-order valence-corrected chi connectivity index (χ3v) is 8.79. The number of aromatic hydroxyl groups is 1. The van der Waals surface area contributed by atoms with E-state index in [0.717, 1.165) is 59.6 Å². The smallest absolute Gasteiger partial charge is 0.338 e. The number of ether oxygens (including phenoxy) is 3. The van der Waals surface area contributed by atoms with Gasteiger partial charge in [0.1, 0.15) is 18.3 Å². The van der Waals surface area contributed by atoms with Crippen LogP contribution < -0.4 is 20.5 Å². The maximum absolute atomic E-state index is 14.3. The molecule has 11 heteroatoms. The van der Waals surface area contributed by atoms with E-state index in [9.17, 15) is 19.5 Å². The quantitative estimate of drug-likeness (QED) is 0.182. The van der Waals surface area contributed by atoms with Gasteiger partial charge in [-0.3, -0.25) is 4.79 Å². The largest absolute Gasteiger partial charge is 0.508 e. The van der Waals surface area contributed by atoms with E-state index in [1.165, 1.54) is 0 Å². The first kappa shape index (κ1) is 33.6. The van der Waals surface area contributed by atoms with Gasteiger partial charge in [0, 0.05) is 17.7 Å². The molecule has 11 nitrogen and oxygen atoms in total. The summed E-state index contributed by atoms with van der Waals surface area (Å²) in [4.78, 5) is 41.4. The molecule has 2 heterocycles. The molecule has 0 spiro atoms. The molecule has 0 aromatic heterocycles. The van der Waals surface area contributed by atoms with Gasteiger partial charge in [-0.15, -0.1) is 0 Å². The van der Waals surface area contributed by atoms with Gasteiger partial charge in [0.2, 0.25) is 12.7 Å². The Labute approximate surface area is 275 Å². The molecule has 0 saturated carbocycles. The fourth-order valence-electron chi connectivity index (χ4n) is 6.76. The summed E-state index contributed by atoms with van der Waals surface area (Å²) in [7, 11) is 0. The van der Waals surface area contributed by atoms with Crippen LogP contribution >= 0.6 is 0 Å². The summed E-state index contributed by atoms with van der Waals surface area (Å²) in [6.07, 6.45) is 2.44. The zero-order valence-corrected chi connectivity index (χ0v) is 27.3. The van der Waals surface area contributed by atoms with Crippen molar-refractivity contribution in [2.75, 3.05) is 31.7 Å². The third kappa shape index (κ3) is 8.34. The number of phenols is 1. The Morgan fingerprint density at radius 1 is 1.02 bits per heavy atom. The molecular formula is C36H45N4O7+. The molecule has 4 N–H and O–H groups in total. The SMILES string of the molecule is CCC[N+]1(Cc2ccc3c(c2)OCO3)CCC[C@@H](N(C(=O)Nc2ccc(C(=O)OC(C)C)cc2)[C@@H](Cc2ccc(O)cc2)C(N)=O)C1. The molecule has 5 rings (SSSR count). The molecular weight excluding hydrogens is 600 g/mol. The number of anilines is 1. The number of hydrogen-bond acceptors (Lipinski definition) is 7. The van der Waals surface area contributed by atoms with Crippen molar-refractivity contribution in [1.29, 1.82) is 0 Å². The second-order valence-electron chi connectivity index (χ2n) is 12.8. The van der Waals surface area contributed by atoms with Gasteiger partial charge in [-0.25, -0.2) is 9.59 Å². The van der Waals surface area contributed by atoms with Crippen molar-refractivity contribution in [3.05, 3.63) is 83.4 Å². The minimum atomic E-state index is -0.947. The first-order valence-corrected chi connectivity index (χ1v) is 16.3.